The molecule has 1 saturated heterocycles. The number of piperazine rings is 1. The van der Waals surface area contributed by atoms with Gasteiger partial charge in [0.05, 0.1) is 6.42 Å². The zero-order valence-corrected chi connectivity index (χ0v) is 16.4. The van der Waals surface area contributed by atoms with E-state index in [1.54, 1.807) is 4.90 Å². The molecule has 0 saturated carbocycles. The molecule has 0 spiro atoms. The smallest absolute Gasteiger partial charge is 0.317 e. The molecule has 1 heterocycles. The number of aryl methyl sites for hydroxylation is 2. The van der Waals surface area contributed by atoms with Crippen LogP contribution in [0.5, 0.6) is 0 Å². The molecule has 138 valence electrons. The Kier molecular flexibility index (Phi) is 6.09. The van der Waals surface area contributed by atoms with Crippen LogP contribution >= 0.6 is 0 Å². The van der Waals surface area contributed by atoms with Crippen molar-refractivity contribution in [2.45, 2.75) is 54.0 Å². The van der Waals surface area contributed by atoms with Crippen molar-refractivity contribution in [1.82, 2.24) is 15.1 Å². The third-order valence-corrected chi connectivity index (χ3v) is 5.18. The molecule has 0 unspecified atom stereocenters. The minimum Gasteiger partial charge on any atom is -0.339 e. The molecular formula is C20H31N3O2. The highest BCUT2D eigenvalue weighted by Crippen LogP contribution is 2.23. The Morgan fingerprint density at radius 2 is 1.44 bits per heavy atom. The van der Waals surface area contributed by atoms with Crippen LogP contribution in [0.15, 0.2) is 6.07 Å². The van der Waals surface area contributed by atoms with Gasteiger partial charge in [-0.3, -0.25) is 4.79 Å². The van der Waals surface area contributed by atoms with Crippen molar-refractivity contribution < 1.29 is 9.59 Å². The Balaban J connectivity index is 1.99. The Hall–Kier alpha value is -2.04. The first-order valence-corrected chi connectivity index (χ1v) is 9.10. The minimum absolute atomic E-state index is 0.0388. The number of benzene rings is 1. The standard InChI is InChI=1S/C20H31N3O2/c1-13(2)21-20(25)23-9-7-22(8-10-23)19(24)12-18-16(5)14(3)11-15(4)17(18)6/h11,13H,7-10,12H2,1-6H3,(H,21,25). The highest BCUT2D eigenvalue weighted by Gasteiger charge is 2.25. The van der Waals surface area contributed by atoms with Crippen LogP contribution in [0.1, 0.15) is 41.7 Å². The van der Waals surface area contributed by atoms with E-state index in [1.165, 1.54) is 22.3 Å². The Bertz CT molecular complexity index is 633. The average molecular weight is 345 g/mol. The SMILES string of the molecule is Cc1cc(C)c(C)c(CC(=O)N2CCN(C(=O)NC(C)C)CC2)c1C. The van der Waals surface area contributed by atoms with Gasteiger partial charge in [0.25, 0.3) is 0 Å². The van der Waals surface area contributed by atoms with Gasteiger partial charge in [0.2, 0.25) is 5.91 Å². The first-order chi connectivity index (χ1) is 11.7. The second-order valence-electron chi connectivity index (χ2n) is 7.39. The highest BCUT2D eigenvalue weighted by atomic mass is 16.2. The monoisotopic (exact) mass is 345 g/mol. The van der Waals surface area contributed by atoms with Crippen LogP contribution in [-0.2, 0) is 11.2 Å². The van der Waals surface area contributed by atoms with Crippen molar-refractivity contribution in [3.05, 3.63) is 33.9 Å². The molecule has 1 aromatic carbocycles. The van der Waals surface area contributed by atoms with Crippen molar-refractivity contribution >= 4 is 11.9 Å². The van der Waals surface area contributed by atoms with Crippen LogP contribution in [-0.4, -0.2) is 54.0 Å². The fourth-order valence-electron chi connectivity index (χ4n) is 3.32. The number of urea groups is 1. The summed E-state index contributed by atoms with van der Waals surface area (Å²) in [6.07, 6.45) is 0.443. The number of carbonyl (C=O) groups is 2. The van der Waals surface area contributed by atoms with E-state index in [4.69, 9.17) is 0 Å². The van der Waals surface area contributed by atoms with Gasteiger partial charge in [0.15, 0.2) is 0 Å². The van der Waals surface area contributed by atoms with Gasteiger partial charge >= 0.3 is 6.03 Å². The van der Waals surface area contributed by atoms with Crippen LogP contribution in [0.3, 0.4) is 0 Å². The predicted octanol–water partition coefficient (Wildman–Crippen LogP) is 2.72. The van der Waals surface area contributed by atoms with E-state index in [0.717, 1.165) is 5.56 Å². The van der Waals surface area contributed by atoms with Crippen molar-refractivity contribution in [2.24, 2.45) is 0 Å². The van der Waals surface area contributed by atoms with E-state index in [2.05, 4.69) is 39.1 Å². The average Bonchev–Trinajstić information content (AvgIpc) is 2.56. The summed E-state index contributed by atoms with van der Waals surface area (Å²) >= 11 is 0. The summed E-state index contributed by atoms with van der Waals surface area (Å²) < 4.78 is 0. The molecule has 0 aliphatic carbocycles. The maximum atomic E-state index is 12.8. The summed E-state index contributed by atoms with van der Waals surface area (Å²) in [6, 6.07) is 2.27. The summed E-state index contributed by atoms with van der Waals surface area (Å²) in [4.78, 5) is 28.5. The van der Waals surface area contributed by atoms with Gasteiger partial charge in [-0.05, 0) is 69.4 Å². The number of nitrogens with one attached hydrogen (secondary N) is 1. The number of hydrogen-bond donors (Lipinski definition) is 1. The topological polar surface area (TPSA) is 52.7 Å². The van der Waals surface area contributed by atoms with E-state index in [-0.39, 0.29) is 18.0 Å². The quantitative estimate of drug-likeness (QED) is 0.916. The Labute approximate surface area is 151 Å². The minimum atomic E-state index is -0.0388. The van der Waals surface area contributed by atoms with Crippen molar-refractivity contribution in [3.63, 3.8) is 0 Å². The van der Waals surface area contributed by atoms with Crippen LogP contribution < -0.4 is 5.32 Å². The van der Waals surface area contributed by atoms with E-state index < -0.39 is 0 Å². The lowest BCUT2D eigenvalue weighted by Crippen LogP contribution is -2.54. The maximum absolute atomic E-state index is 12.8. The second-order valence-corrected chi connectivity index (χ2v) is 7.39. The molecule has 0 atom stereocenters. The van der Waals surface area contributed by atoms with Gasteiger partial charge in [-0.25, -0.2) is 4.79 Å². The molecule has 1 aliphatic rings. The summed E-state index contributed by atoms with van der Waals surface area (Å²) in [5, 5.41) is 2.91. The predicted molar refractivity (Wildman–Crippen MR) is 101 cm³/mol. The molecule has 5 nitrogen and oxygen atoms in total. The van der Waals surface area contributed by atoms with Crippen LogP contribution in [0, 0.1) is 27.7 Å². The lowest BCUT2D eigenvalue weighted by Gasteiger charge is -2.35. The number of hydrogen-bond acceptors (Lipinski definition) is 2. The first-order valence-electron chi connectivity index (χ1n) is 9.10. The summed E-state index contributed by atoms with van der Waals surface area (Å²) in [6.45, 7) is 14.7. The van der Waals surface area contributed by atoms with Gasteiger partial charge in [0, 0.05) is 32.2 Å². The second kappa shape index (κ2) is 7.89. The highest BCUT2D eigenvalue weighted by molar-refractivity contribution is 5.80. The first kappa shape index (κ1) is 19.3. The van der Waals surface area contributed by atoms with Crippen LogP contribution in [0.2, 0.25) is 0 Å². The molecule has 1 aromatic rings. The molecule has 3 amide bonds. The molecule has 25 heavy (non-hydrogen) atoms. The lowest BCUT2D eigenvalue weighted by atomic mass is 9.92. The van der Waals surface area contributed by atoms with E-state index in [9.17, 15) is 9.59 Å². The van der Waals surface area contributed by atoms with Gasteiger partial charge in [0.1, 0.15) is 0 Å². The van der Waals surface area contributed by atoms with Crippen LogP contribution in [0.25, 0.3) is 0 Å². The zero-order chi connectivity index (χ0) is 18.7. The lowest BCUT2D eigenvalue weighted by molar-refractivity contribution is -0.131. The van der Waals surface area contributed by atoms with E-state index >= 15 is 0 Å². The third-order valence-electron chi connectivity index (χ3n) is 5.18. The maximum Gasteiger partial charge on any atom is 0.317 e. The fraction of sp³-hybridized carbons (Fsp3) is 0.600. The molecule has 0 aromatic heterocycles. The molecule has 1 N–H and O–H groups in total. The number of carbonyl (C=O) groups excluding carboxylic acids is 2. The molecule has 1 fully saturated rings. The largest absolute Gasteiger partial charge is 0.339 e. The van der Waals surface area contributed by atoms with Gasteiger partial charge < -0.3 is 15.1 Å². The fourth-order valence-corrected chi connectivity index (χ4v) is 3.32. The van der Waals surface area contributed by atoms with Crippen molar-refractivity contribution in [3.8, 4) is 0 Å². The molecule has 0 radical (unpaired) electrons. The normalized spacial score (nSPS) is 14.8. The van der Waals surface area contributed by atoms with Gasteiger partial charge in [-0.15, -0.1) is 0 Å². The Morgan fingerprint density at radius 1 is 0.960 bits per heavy atom. The molecule has 2 rings (SSSR count). The van der Waals surface area contributed by atoms with Crippen molar-refractivity contribution in [1.29, 1.82) is 0 Å². The summed E-state index contributed by atoms with van der Waals surface area (Å²) in [7, 11) is 0. The molecule has 5 heteroatoms. The Morgan fingerprint density at radius 3 is 1.92 bits per heavy atom. The third kappa shape index (κ3) is 4.53. The number of nitrogens with zero attached hydrogens (tertiary/aromatic N) is 2. The molecule has 0 bridgehead atoms. The number of amides is 3. The summed E-state index contributed by atoms with van der Waals surface area (Å²) in [5.74, 6) is 0.153. The van der Waals surface area contributed by atoms with Gasteiger partial charge in [-0.2, -0.15) is 0 Å². The van der Waals surface area contributed by atoms with Crippen LogP contribution in [0.4, 0.5) is 4.79 Å². The van der Waals surface area contributed by atoms with Crippen molar-refractivity contribution in [2.75, 3.05) is 26.2 Å². The summed E-state index contributed by atoms with van der Waals surface area (Å²) in [5.41, 5.74) is 6.06. The van der Waals surface area contributed by atoms with E-state index in [1.807, 2.05) is 18.7 Å². The molecular weight excluding hydrogens is 314 g/mol. The zero-order valence-electron chi connectivity index (χ0n) is 16.4. The van der Waals surface area contributed by atoms with E-state index in [0.29, 0.717) is 32.6 Å². The molecule has 1 aliphatic heterocycles. The number of rotatable bonds is 3. The van der Waals surface area contributed by atoms with Gasteiger partial charge in [-0.1, -0.05) is 6.07 Å².